The minimum atomic E-state index is -0.564. The quantitative estimate of drug-likeness (QED) is 0.642. The molecule has 0 aromatic rings. The molecule has 1 fully saturated rings. The van der Waals surface area contributed by atoms with E-state index in [4.69, 9.17) is 12.2 Å². The molecule has 4 nitrogen and oxygen atoms in total. The first kappa shape index (κ1) is 13.0. The Balaban J connectivity index is 2.10. The van der Waals surface area contributed by atoms with Gasteiger partial charge in [-0.3, -0.25) is 4.79 Å². The predicted octanol–water partition coefficient (Wildman–Crippen LogP) is -0.0609. The molecule has 1 heterocycles. The van der Waals surface area contributed by atoms with E-state index < -0.39 is 6.04 Å². The lowest BCUT2D eigenvalue weighted by atomic mass is 10.1. The van der Waals surface area contributed by atoms with Crippen LogP contribution in [0.15, 0.2) is 0 Å². The molecule has 0 spiro atoms. The fourth-order valence-electron chi connectivity index (χ4n) is 1.87. The van der Waals surface area contributed by atoms with Crippen LogP contribution in [0.3, 0.4) is 0 Å². The Morgan fingerprint density at radius 1 is 1.44 bits per heavy atom. The van der Waals surface area contributed by atoms with Crippen LogP contribution >= 0.6 is 0 Å². The van der Waals surface area contributed by atoms with Crippen molar-refractivity contribution in [3.05, 3.63) is 0 Å². The van der Waals surface area contributed by atoms with E-state index in [-0.39, 0.29) is 5.91 Å². The molecule has 1 atom stereocenters. The van der Waals surface area contributed by atoms with Gasteiger partial charge in [-0.25, -0.2) is 0 Å². The Morgan fingerprint density at radius 3 is 2.75 bits per heavy atom. The summed E-state index contributed by atoms with van der Waals surface area (Å²) in [6.07, 6.45) is 9.26. The maximum Gasteiger partial charge on any atom is 0.237 e. The Hall–Kier alpha value is -1.05. The Morgan fingerprint density at radius 2 is 2.12 bits per heavy atom. The molecular weight excluding hydrogens is 202 g/mol. The molecular formula is C12H21N3O. The van der Waals surface area contributed by atoms with Gasteiger partial charge in [0.25, 0.3) is 0 Å². The third-order valence-corrected chi connectivity index (χ3v) is 2.85. The highest BCUT2D eigenvalue weighted by Gasteiger charge is 2.13. The zero-order valence-electron chi connectivity index (χ0n) is 9.74. The second kappa shape index (κ2) is 7.26. The molecule has 16 heavy (non-hydrogen) atoms. The van der Waals surface area contributed by atoms with Gasteiger partial charge in [0.15, 0.2) is 0 Å². The normalized spacial score (nSPS) is 18.8. The van der Waals surface area contributed by atoms with E-state index in [1.165, 1.54) is 19.3 Å². The first-order valence-electron chi connectivity index (χ1n) is 5.93. The van der Waals surface area contributed by atoms with Crippen molar-refractivity contribution >= 4 is 5.91 Å². The van der Waals surface area contributed by atoms with E-state index in [0.29, 0.717) is 13.0 Å². The zero-order valence-corrected chi connectivity index (χ0v) is 9.74. The maximum absolute atomic E-state index is 11.4. The lowest BCUT2D eigenvalue weighted by Gasteiger charge is -2.26. The van der Waals surface area contributed by atoms with Crippen LogP contribution in [0.1, 0.15) is 25.7 Å². The van der Waals surface area contributed by atoms with Gasteiger partial charge in [0.05, 0.1) is 6.04 Å². The van der Waals surface area contributed by atoms with Crippen LogP contribution in [0, 0.1) is 12.3 Å². The van der Waals surface area contributed by atoms with Gasteiger partial charge < -0.3 is 16.0 Å². The summed E-state index contributed by atoms with van der Waals surface area (Å²) in [4.78, 5) is 13.8. The van der Waals surface area contributed by atoms with Gasteiger partial charge in [-0.2, -0.15) is 0 Å². The highest BCUT2D eigenvalue weighted by Crippen LogP contribution is 2.07. The third-order valence-electron chi connectivity index (χ3n) is 2.85. The summed E-state index contributed by atoms with van der Waals surface area (Å²) in [7, 11) is 0. The summed E-state index contributed by atoms with van der Waals surface area (Å²) in [6.45, 7) is 3.87. The van der Waals surface area contributed by atoms with E-state index >= 15 is 0 Å². The number of nitrogens with two attached hydrogens (primary N) is 1. The molecule has 0 aliphatic carbocycles. The topological polar surface area (TPSA) is 58.4 Å². The van der Waals surface area contributed by atoms with Gasteiger partial charge in [-0.1, -0.05) is 6.42 Å². The van der Waals surface area contributed by atoms with Gasteiger partial charge >= 0.3 is 0 Å². The Bertz CT molecular complexity index is 253. The molecule has 1 aliphatic heterocycles. The van der Waals surface area contributed by atoms with Crippen molar-refractivity contribution in [3.8, 4) is 12.3 Å². The molecule has 1 amide bonds. The maximum atomic E-state index is 11.4. The molecule has 4 heteroatoms. The molecule has 1 rings (SSSR count). The SMILES string of the molecule is C#CCC(N)C(=O)NCCN1CCCCC1. The standard InChI is InChI=1S/C12H21N3O/c1-2-6-11(13)12(16)14-7-10-15-8-4-3-5-9-15/h1,11H,3-10,13H2,(H,14,16). The number of hydrogen-bond acceptors (Lipinski definition) is 3. The van der Waals surface area contributed by atoms with Gasteiger partial charge in [-0.05, 0) is 25.9 Å². The lowest BCUT2D eigenvalue weighted by molar-refractivity contribution is -0.122. The molecule has 90 valence electrons. The van der Waals surface area contributed by atoms with Crippen LogP contribution < -0.4 is 11.1 Å². The number of rotatable bonds is 5. The van der Waals surface area contributed by atoms with Crippen molar-refractivity contribution in [2.75, 3.05) is 26.2 Å². The van der Waals surface area contributed by atoms with E-state index in [2.05, 4.69) is 16.1 Å². The van der Waals surface area contributed by atoms with Crippen LogP contribution in [-0.4, -0.2) is 43.0 Å². The number of nitrogens with one attached hydrogen (secondary N) is 1. The fraction of sp³-hybridized carbons (Fsp3) is 0.750. The molecule has 0 aromatic carbocycles. The first-order valence-corrected chi connectivity index (χ1v) is 5.93. The summed E-state index contributed by atoms with van der Waals surface area (Å²) in [5.74, 6) is 2.25. The molecule has 1 aliphatic rings. The first-order chi connectivity index (χ1) is 7.74. The third kappa shape index (κ3) is 4.65. The van der Waals surface area contributed by atoms with E-state index in [1.54, 1.807) is 0 Å². The minimum Gasteiger partial charge on any atom is -0.353 e. The number of hydrogen-bond donors (Lipinski definition) is 2. The smallest absolute Gasteiger partial charge is 0.237 e. The molecule has 1 saturated heterocycles. The van der Waals surface area contributed by atoms with E-state index in [1.807, 2.05) is 0 Å². The summed E-state index contributed by atoms with van der Waals surface area (Å²) in [5.41, 5.74) is 5.58. The van der Waals surface area contributed by atoms with E-state index in [0.717, 1.165) is 19.6 Å². The molecule has 0 radical (unpaired) electrons. The summed E-state index contributed by atoms with van der Waals surface area (Å²) in [5, 5.41) is 2.81. The number of carbonyl (C=O) groups is 1. The average molecular weight is 223 g/mol. The van der Waals surface area contributed by atoms with Crippen molar-refractivity contribution in [2.24, 2.45) is 5.73 Å². The highest BCUT2D eigenvalue weighted by atomic mass is 16.2. The van der Waals surface area contributed by atoms with Crippen LogP contribution in [0.25, 0.3) is 0 Å². The minimum absolute atomic E-state index is 0.144. The molecule has 1 unspecified atom stereocenters. The van der Waals surface area contributed by atoms with Crippen LogP contribution in [0.4, 0.5) is 0 Å². The fourth-order valence-corrected chi connectivity index (χ4v) is 1.87. The number of nitrogens with zero attached hydrogens (tertiary/aromatic N) is 1. The number of amides is 1. The Labute approximate surface area is 97.6 Å². The molecule has 0 saturated carbocycles. The van der Waals surface area contributed by atoms with Gasteiger partial charge in [0, 0.05) is 19.5 Å². The second-order valence-electron chi connectivity index (χ2n) is 4.21. The number of piperidine rings is 1. The van der Waals surface area contributed by atoms with Gasteiger partial charge in [0.2, 0.25) is 5.91 Å². The van der Waals surface area contributed by atoms with Crippen LogP contribution in [-0.2, 0) is 4.79 Å². The van der Waals surface area contributed by atoms with Crippen molar-refractivity contribution in [2.45, 2.75) is 31.7 Å². The lowest BCUT2D eigenvalue weighted by Crippen LogP contribution is -2.44. The number of likely N-dealkylation sites (tertiary alicyclic amines) is 1. The molecule has 0 bridgehead atoms. The van der Waals surface area contributed by atoms with Gasteiger partial charge in [0.1, 0.15) is 0 Å². The van der Waals surface area contributed by atoms with Crippen molar-refractivity contribution < 1.29 is 4.79 Å². The Kier molecular flexibility index (Phi) is 5.91. The zero-order chi connectivity index (χ0) is 11.8. The highest BCUT2D eigenvalue weighted by molar-refractivity contribution is 5.81. The number of terminal acetylenes is 1. The van der Waals surface area contributed by atoms with Crippen LogP contribution in [0.2, 0.25) is 0 Å². The van der Waals surface area contributed by atoms with Crippen molar-refractivity contribution in [1.82, 2.24) is 10.2 Å². The molecule has 3 N–H and O–H groups in total. The summed E-state index contributed by atoms with van der Waals surface area (Å²) < 4.78 is 0. The summed E-state index contributed by atoms with van der Waals surface area (Å²) in [6, 6.07) is -0.564. The second-order valence-corrected chi connectivity index (χ2v) is 4.21. The van der Waals surface area contributed by atoms with E-state index in [9.17, 15) is 4.79 Å². The largest absolute Gasteiger partial charge is 0.353 e. The van der Waals surface area contributed by atoms with Crippen molar-refractivity contribution in [1.29, 1.82) is 0 Å². The van der Waals surface area contributed by atoms with Gasteiger partial charge in [-0.15, -0.1) is 12.3 Å². The van der Waals surface area contributed by atoms with Crippen molar-refractivity contribution in [3.63, 3.8) is 0 Å². The monoisotopic (exact) mass is 223 g/mol. The summed E-state index contributed by atoms with van der Waals surface area (Å²) >= 11 is 0. The van der Waals surface area contributed by atoms with Crippen LogP contribution in [0.5, 0.6) is 0 Å². The average Bonchev–Trinajstić information content (AvgIpc) is 2.30. The predicted molar refractivity (Wildman–Crippen MR) is 64.7 cm³/mol. The molecule has 0 aromatic heterocycles. The number of carbonyl (C=O) groups excluding carboxylic acids is 1.